The lowest BCUT2D eigenvalue weighted by atomic mass is 9.88. The van der Waals surface area contributed by atoms with Crippen LogP contribution in [0.4, 0.5) is 0 Å². The van der Waals surface area contributed by atoms with Crippen molar-refractivity contribution in [2.45, 2.75) is 31.7 Å². The van der Waals surface area contributed by atoms with Crippen molar-refractivity contribution in [1.82, 2.24) is 9.97 Å². The molecular weight excluding hydrogens is 645 g/mol. The van der Waals surface area contributed by atoms with E-state index in [9.17, 15) is 0 Å². The van der Waals surface area contributed by atoms with Crippen LogP contribution < -0.4 is 5.73 Å². The number of aromatic nitrogens is 2. The predicted molar refractivity (Wildman–Crippen MR) is 222 cm³/mol. The number of hydrogen-bond acceptors (Lipinski definition) is 4. The van der Waals surface area contributed by atoms with Crippen molar-refractivity contribution in [1.29, 1.82) is 0 Å². The third-order valence-corrected chi connectivity index (χ3v) is 9.98. The molecule has 1 atom stereocenters. The average Bonchev–Trinajstić information content (AvgIpc) is 3.22. The number of pyridine rings is 2. The molecule has 2 heterocycles. The van der Waals surface area contributed by atoms with Gasteiger partial charge in [0.15, 0.2) is 0 Å². The molecule has 2 N–H and O–H groups in total. The van der Waals surface area contributed by atoms with Crippen molar-refractivity contribution in [3.63, 3.8) is 0 Å². The molecule has 0 bridgehead atoms. The van der Waals surface area contributed by atoms with Crippen LogP contribution in [0.5, 0.6) is 0 Å². The minimum absolute atomic E-state index is 0.156. The molecule has 0 radical (unpaired) electrons. The molecule has 258 valence electrons. The number of hydrogen-bond donors (Lipinski definition) is 1. The van der Waals surface area contributed by atoms with Crippen LogP contribution in [-0.4, -0.2) is 28.8 Å². The van der Waals surface area contributed by atoms with Gasteiger partial charge in [0, 0.05) is 24.5 Å². The van der Waals surface area contributed by atoms with Crippen LogP contribution in [0.1, 0.15) is 23.1 Å². The van der Waals surface area contributed by atoms with E-state index in [1.165, 1.54) is 50.1 Å². The van der Waals surface area contributed by atoms with Crippen LogP contribution in [-0.2, 0) is 19.3 Å². The molecule has 2 aliphatic rings. The second-order valence-electron chi connectivity index (χ2n) is 13.5. The van der Waals surface area contributed by atoms with E-state index >= 15 is 0 Å². The Morgan fingerprint density at radius 1 is 0.679 bits per heavy atom. The highest BCUT2D eigenvalue weighted by Gasteiger charge is 2.20. The molecule has 2 aliphatic carbocycles. The first kappa shape index (κ1) is 33.9. The van der Waals surface area contributed by atoms with Gasteiger partial charge in [-0.15, -0.1) is 0 Å². The Morgan fingerprint density at radius 3 is 2.19 bits per heavy atom. The molecule has 4 heteroatoms. The van der Waals surface area contributed by atoms with Gasteiger partial charge in [-0.25, -0.2) is 4.98 Å². The number of benzene rings is 4. The summed E-state index contributed by atoms with van der Waals surface area (Å²) in [6, 6.07) is 43.9. The Balaban J connectivity index is 1.06. The van der Waals surface area contributed by atoms with E-state index in [-0.39, 0.29) is 6.04 Å². The smallest absolute Gasteiger partial charge is 0.0928 e. The van der Waals surface area contributed by atoms with Gasteiger partial charge in [0.25, 0.3) is 0 Å². The summed E-state index contributed by atoms with van der Waals surface area (Å²) >= 11 is 0. The Labute approximate surface area is 312 Å². The molecule has 53 heavy (non-hydrogen) atoms. The fraction of sp³-hybridized carbons (Fsp3) is 0.122. The number of nitrogens with two attached hydrogens (primary N) is 1. The highest BCUT2D eigenvalue weighted by Crippen LogP contribution is 2.40. The van der Waals surface area contributed by atoms with Gasteiger partial charge in [-0.2, -0.15) is 0 Å². The van der Waals surface area contributed by atoms with Gasteiger partial charge in [-0.3, -0.25) is 9.98 Å². The molecule has 4 nitrogen and oxygen atoms in total. The molecule has 0 amide bonds. The molecule has 0 saturated carbocycles. The van der Waals surface area contributed by atoms with Crippen molar-refractivity contribution in [2.24, 2.45) is 10.7 Å². The molecule has 2 aromatic heterocycles. The van der Waals surface area contributed by atoms with Crippen LogP contribution in [0.3, 0.4) is 0 Å². The van der Waals surface area contributed by atoms with Gasteiger partial charge in [0.2, 0.25) is 0 Å². The summed E-state index contributed by atoms with van der Waals surface area (Å²) in [5.41, 5.74) is 21.8. The first-order chi connectivity index (χ1) is 26.2. The number of rotatable bonds is 10. The number of aliphatic imine (C=N–C) groups is 1. The fourth-order valence-electron chi connectivity index (χ4n) is 7.36. The minimum atomic E-state index is 0.156. The number of aryl methyl sites for hydroxylation is 2. The first-order valence-corrected chi connectivity index (χ1v) is 18.5. The summed E-state index contributed by atoms with van der Waals surface area (Å²) in [7, 11) is 0. The zero-order valence-corrected chi connectivity index (χ0v) is 29.8. The topological polar surface area (TPSA) is 64.2 Å². The second-order valence-corrected chi connectivity index (χ2v) is 13.5. The van der Waals surface area contributed by atoms with Crippen LogP contribution in [0.2, 0.25) is 0 Å². The summed E-state index contributed by atoms with van der Waals surface area (Å²) in [6.07, 6.45) is 22.3. The zero-order valence-electron chi connectivity index (χ0n) is 29.8. The van der Waals surface area contributed by atoms with Crippen molar-refractivity contribution in [2.75, 3.05) is 6.54 Å². The van der Waals surface area contributed by atoms with E-state index < -0.39 is 0 Å². The third-order valence-electron chi connectivity index (χ3n) is 9.98. The lowest BCUT2D eigenvalue weighted by Crippen LogP contribution is -2.07. The van der Waals surface area contributed by atoms with E-state index in [2.05, 4.69) is 151 Å². The highest BCUT2D eigenvalue weighted by atomic mass is 14.8. The Hall–Kier alpha value is -6.23. The van der Waals surface area contributed by atoms with Gasteiger partial charge in [0.1, 0.15) is 0 Å². The maximum atomic E-state index is 5.54. The van der Waals surface area contributed by atoms with Gasteiger partial charge in [-0.1, -0.05) is 140 Å². The monoisotopic (exact) mass is 686 g/mol. The number of fused-ring (bicyclic) bond motifs is 3. The zero-order chi connectivity index (χ0) is 35.8. The Morgan fingerprint density at radius 2 is 1.40 bits per heavy atom. The molecule has 1 unspecified atom stereocenters. The Kier molecular flexibility index (Phi) is 10.2. The summed E-state index contributed by atoms with van der Waals surface area (Å²) < 4.78 is 0. The van der Waals surface area contributed by atoms with Crippen LogP contribution in [0.25, 0.3) is 56.0 Å². The largest absolute Gasteiger partial charge is 0.327 e. The van der Waals surface area contributed by atoms with Gasteiger partial charge >= 0.3 is 0 Å². The number of nitrogens with zero attached hydrogens (tertiary/aromatic N) is 3. The molecule has 8 rings (SSSR count). The summed E-state index contributed by atoms with van der Waals surface area (Å²) in [4.78, 5) is 14.5. The van der Waals surface area contributed by atoms with Crippen molar-refractivity contribution >= 4 is 6.21 Å². The van der Waals surface area contributed by atoms with Crippen LogP contribution in [0, 0.1) is 0 Å². The minimum Gasteiger partial charge on any atom is -0.327 e. The normalized spacial score (nSPS) is 15.2. The first-order valence-electron chi connectivity index (χ1n) is 18.5. The maximum Gasteiger partial charge on any atom is 0.0928 e. The maximum absolute atomic E-state index is 5.54. The molecule has 0 saturated heterocycles. The quantitative estimate of drug-likeness (QED) is 0.146. The van der Waals surface area contributed by atoms with E-state index in [0.29, 0.717) is 6.54 Å². The average molecular weight is 687 g/mol. The van der Waals surface area contributed by atoms with E-state index in [1.54, 1.807) is 0 Å². The standard InChI is InChI=1S/C49H42N4/c50-29-5-6-30-51-42-20-9-15-36(33-42)13-7-12-35-14-8-16-39(32-35)43-21-1-3-23-45(43)46-24-4-2-22-44(46)40-17-10-18-41(34-40)47-28-27-38-26-25-37-19-11-31-52-48(37)49(38)53-47/h1-11,13-19,21-24,27-28,30-34,42H,12,20,25-26,29,50H2/b6-5-,13-7-,51-30?. The number of allylic oxidation sites excluding steroid dienone is 5. The SMILES string of the molecule is NC/C=C\C=NC1C=C(/C=C\Cc2cccc(-c3ccccc3-c3ccccc3-c3cccc(-c4ccc5c(n4)-c4ncccc4CC5)c3)c2)C=CC1. The molecule has 0 fully saturated rings. The Bertz CT molecular complexity index is 2410. The summed E-state index contributed by atoms with van der Waals surface area (Å²) in [5, 5.41) is 0. The summed E-state index contributed by atoms with van der Waals surface area (Å²) in [6.45, 7) is 0.526. The van der Waals surface area contributed by atoms with E-state index in [4.69, 9.17) is 15.7 Å². The van der Waals surface area contributed by atoms with Crippen LogP contribution >= 0.6 is 0 Å². The lowest BCUT2D eigenvalue weighted by molar-refractivity contribution is 0.826. The molecule has 0 aliphatic heterocycles. The van der Waals surface area contributed by atoms with Gasteiger partial charge in [-0.05, 0) is 106 Å². The molecule has 6 aromatic rings. The van der Waals surface area contributed by atoms with E-state index in [1.807, 2.05) is 30.6 Å². The van der Waals surface area contributed by atoms with Crippen LogP contribution in [0.15, 0.2) is 181 Å². The van der Waals surface area contributed by atoms with Crippen molar-refractivity contribution in [3.05, 3.63) is 192 Å². The lowest BCUT2D eigenvalue weighted by Gasteiger charge is -2.19. The molecule has 4 aromatic carbocycles. The van der Waals surface area contributed by atoms with E-state index in [0.717, 1.165) is 53.9 Å². The highest BCUT2D eigenvalue weighted by molar-refractivity contribution is 5.92. The fourth-order valence-corrected chi connectivity index (χ4v) is 7.36. The summed E-state index contributed by atoms with van der Waals surface area (Å²) in [5.74, 6) is 0. The van der Waals surface area contributed by atoms with Crippen molar-refractivity contribution in [3.8, 4) is 56.0 Å². The molecular formula is C49H42N4. The molecule has 0 spiro atoms. The van der Waals surface area contributed by atoms with Gasteiger partial charge < -0.3 is 5.73 Å². The third kappa shape index (κ3) is 7.69. The van der Waals surface area contributed by atoms with Gasteiger partial charge in [0.05, 0.1) is 23.1 Å². The van der Waals surface area contributed by atoms with Crippen molar-refractivity contribution < 1.29 is 0 Å². The second kappa shape index (κ2) is 16.0. The predicted octanol–water partition coefficient (Wildman–Crippen LogP) is 10.8.